The summed E-state index contributed by atoms with van der Waals surface area (Å²) >= 11 is 0. The normalized spacial score (nSPS) is 14.7. The van der Waals surface area contributed by atoms with Crippen LogP contribution in [-0.2, 0) is 9.53 Å². The van der Waals surface area contributed by atoms with Crippen LogP contribution in [0, 0.1) is 0 Å². The van der Waals surface area contributed by atoms with Crippen molar-refractivity contribution in [3.63, 3.8) is 0 Å². The largest absolute Gasteiger partial charge is 0.466 e. The van der Waals surface area contributed by atoms with Gasteiger partial charge in [-0.15, -0.1) is 0 Å². The highest BCUT2D eigenvalue weighted by Crippen LogP contribution is 2.60. The van der Waals surface area contributed by atoms with Crippen LogP contribution in [0.5, 0.6) is 0 Å². The number of alkyl halides is 13. The van der Waals surface area contributed by atoms with Crippen molar-refractivity contribution >= 4 is 5.97 Å². The molecule has 0 atom stereocenters. The molecule has 15 heteroatoms. The molecule has 2 nitrogen and oxygen atoms in total. The SMILES string of the molecule is CCCCCCCOC(=O)CC(F)(F)C(F)(F)C(F)(F)C(F)(F)C(F)(F)C(F)(F)F. The molecule has 0 aliphatic carbocycles. The Morgan fingerprint density at radius 3 is 1.50 bits per heavy atom. The molecular formula is C15H17F13O2. The van der Waals surface area contributed by atoms with E-state index in [1.54, 1.807) is 0 Å². The Labute approximate surface area is 161 Å². The molecule has 0 spiro atoms. The zero-order valence-corrected chi connectivity index (χ0v) is 15.2. The van der Waals surface area contributed by atoms with Crippen molar-refractivity contribution < 1.29 is 66.6 Å². The third kappa shape index (κ3) is 5.42. The zero-order valence-electron chi connectivity index (χ0n) is 15.2. The van der Waals surface area contributed by atoms with E-state index in [1.165, 1.54) is 0 Å². The van der Waals surface area contributed by atoms with Gasteiger partial charge in [0.1, 0.15) is 6.42 Å². The quantitative estimate of drug-likeness (QED) is 0.180. The van der Waals surface area contributed by atoms with Crippen molar-refractivity contribution in [3.8, 4) is 0 Å². The molecule has 0 bridgehead atoms. The predicted octanol–water partition coefficient (Wildman–Crippen LogP) is 6.63. The van der Waals surface area contributed by atoms with Crippen LogP contribution in [0.1, 0.15) is 45.4 Å². The van der Waals surface area contributed by atoms with Crippen molar-refractivity contribution in [1.29, 1.82) is 0 Å². The monoisotopic (exact) mass is 476 g/mol. The summed E-state index contributed by atoms with van der Waals surface area (Å²) < 4.78 is 171. The number of carbonyl (C=O) groups is 1. The van der Waals surface area contributed by atoms with E-state index < -0.39 is 54.8 Å². The Balaban J connectivity index is 5.43. The molecule has 0 aromatic rings. The van der Waals surface area contributed by atoms with E-state index in [9.17, 15) is 61.9 Å². The van der Waals surface area contributed by atoms with E-state index in [0.29, 0.717) is 12.8 Å². The lowest BCUT2D eigenvalue weighted by atomic mass is 9.92. The first-order valence-corrected chi connectivity index (χ1v) is 8.32. The Hall–Kier alpha value is -1.44. The van der Waals surface area contributed by atoms with E-state index in [1.807, 2.05) is 6.92 Å². The number of ether oxygens (including phenoxy) is 1. The molecule has 0 rings (SSSR count). The van der Waals surface area contributed by atoms with Crippen LogP contribution < -0.4 is 0 Å². The first kappa shape index (κ1) is 28.6. The molecule has 0 aliphatic heterocycles. The molecule has 0 amide bonds. The summed E-state index contributed by atoms with van der Waals surface area (Å²) in [7, 11) is 0. The van der Waals surface area contributed by atoms with Crippen molar-refractivity contribution in [3.05, 3.63) is 0 Å². The molecule has 0 saturated carbocycles. The second-order valence-corrected chi connectivity index (χ2v) is 6.31. The van der Waals surface area contributed by atoms with E-state index in [4.69, 9.17) is 0 Å². The average Bonchev–Trinajstić information content (AvgIpc) is 2.55. The van der Waals surface area contributed by atoms with Gasteiger partial charge in [0.15, 0.2) is 0 Å². The van der Waals surface area contributed by atoms with Gasteiger partial charge in [-0.25, -0.2) is 0 Å². The maximum atomic E-state index is 13.4. The Morgan fingerprint density at radius 1 is 0.633 bits per heavy atom. The number of rotatable bonds is 12. The van der Waals surface area contributed by atoms with Crippen LogP contribution in [0.25, 0.3) is 0 Å². The highest BCUT2D eigenvalue weighted by atomic mass is 19.4. The summed E-state index contributed by atoms with van der Waals surface area (Å²) in [5.41, 5.74) is 0. The number of hydrogen-bond donors (Lipinski definition) is 0. The average molecular weight is 476 g/mol. The smallest absolute Gasteiger partial charge is 0.460 e. The number of esters is 1. The van der Waals surface area contributed by atoms with Crippen LogP contribution in [0.3, 0.4) is 0 Å². The first-order valence-electron chi connectivity index (χ1n) is 8.32. The van der Waals surface area contributed by atoms with E-state index in [0.717, 1.165) is 12.8 Å². The molecule has 0 fully saturated rings. The predicted molar refractivity (Wildman–Crippen MR) is 75.1 cm³/mol. The minimum Gasteiger partial charge on any atom is -0.466 e. The summed E-state index contributed by atoms with van der Waals surface area (Å²) in [4.78, 5) is 11.1. The summed E-state index contributed by atoms with van der Waals surface area (Å²) in [5, 5.41) is 0. The Morgan fingerprint density at radius 2 is 1.07 bits per heavy atom. The van der Waals surface area contributed by atoms with Gasteiger partial charge in [0.05, 0.1) is 6.61 Å². The van der Waals surface area contributed by atoms with Crippen LogP contribution in [0.2, 0.25) is 0 Å². The van der Waals surface area contributed by atoms with Gasteiger partial charge in [0.2, 0.25) is 0 Å². The fraction of sp³-hybridized carbons (Fsp3) is 0.933. The maximum Gasteiger partial charge on any atom is 0.460 e. The van der Waals surface area contributed by atoms with Gasteiger partial charge in [0.25, 0.3) is 0 Å². The third-order valence-electron chi connectivity index (χ3n) is 3.88. The zero-order chi connectivity index (χ0) is 24.2. The molecule has 0 aliphatic rings. The van der Waals surface area contributed by atoms with Crippen LogP contribution in [0.15, 0.2) is 0 Å². The topological polar surface area (TPSA) is 26.3 Å². The molecule has 0 aromatic heterocycles. The van der Waals surface area contributed by atoms with Crippen molar-refractivity contribution in [1.82, 2.24) is 0 Å². The second-order valence-electron chi connectivity index (χ2n) is 6.31. The van der Waals surface area contributed by atoms with Gasteiger partial charge in [-0.1, -0.05) is 32.6 Å². The van der Waals surface area contributed by atoms with Gasteiger partial charge in [-0.3, -0.25) is 4.79 Å². The molecule has 180 valence electrons. The van der Waals surface area contributed by atoms with Gasteiger partial charge in [-0.2, -0.15) is 57.1 Å². The lowest BCUT2D eigenvalue weighted by Gasteiger charge is -2.39. The second kappa shape index (κ2) is 9.37. The molecule has 30 heavy (non-hydrogen) atoms. The van der Waals surface area contributed by atoms with E-state index in [2.05, 4.69) is 4.74 Å². The third-order valence-corrected chi connectivity index (χ3v) is 3.88. The Kier molecular flexibility index (Phi) is 8.92. The number of halogens is 13. The molecule has 0 unspecified atom stereocenters. The van der Waals surface area contributed by atoms with Crippen LogP contribution >= 0.6 is 0 Å². The lowest BCUT2D eigenvalue weighted by Crippen LogP contribution is -2.70. The molecule has 0 saturated heterocycles. The van der Waals surface area contributed by atoms with Crippen molar-refractivity contribution in [2.24, 2.45) is 0 Å². The lowest BCUT2D eigenvalue weighted by molar-refractivity contribution is -0.439. The molecular weight excluding hydrogens is 459 g/mol. The fourth-order valence-electron chi connectivity index (χ4n) is 2.04. The van der Waals surface area contributed by atoms with Gasteiger partial charge < -0.3 is 4.74 Å². The maximum absolute atomic E-state index is 13.4. The van der Waals surface area contributed by atoms with E-state index >= 15 is 0 Å². The first-order chi connectivity index (χ1) is 13.2. The van der Waals surface area contributed by atoms with Crippen molar-refractivity contribution in [2.75, 3.05) is 6.61 Å². The highest BCUT2D eigenvalue weighted by Gasteiger charge is 2.90. The van der Waals surface area contributed by atoms with Crippen molar-refractivity contribution in [2.45, 2.75) is 81.2 Å². The molecule has 0 radical (unpaired) electrons. The van der Waals surface area contributed by atoms with Crippen LogP contribution in [0.4, 0.5) is 57.1 Å². The molecule has 0 N–H and O–H groups in total. The standard InChI is InChI=1S/C15H17F13O2/c1-2-3-4-5-6-7-30-9(29)8-10(16,17)11(18,19)12(20,21)13(22,23)14(24,25)15(26,27)28/h2-8H2,1H3. The minimum atomic E-state index is -7.98. The molecule has 0 aromatic carbocycles. The van der Waals surface area contributed by atoms with Gasteiger partial charge in [0, 0.05) is 0 Å². The fourth-order valence-corrected chi connectivity index (χ4v) is 2.04. The highest BCUT2D eigenvalue weighted by molar-refractivity contribution is 5.70. The summed E-state index contributed by atoms with van der Waals surface area (Å²) in [5.74, 6) is -39.9. The number of unbranched alkanes of at least 4 members (excludes halogenated alkanes) is 4. The van der Waals surface area contributed by atoms with Crippen LogP contribution in [-0.4, -0.2) is 48.4 Å². The number of hydrogen-bond acceptors (Lipinski definition) is 2. The minimum absolute atomic E-state index is 0.0553. The van der Waals surface area contributed by atoms with E-state index in [-0.39, 0.29) is 6.42 Å². The van der Waals surface area contributed by atoms with Gasteiger partial charge >= 0.3 is 41.8 Å². The summed E-state index contributed by atoms with van der Waals surface area (Å²) in [6, 6.07) is 0. The summed E-state index contributed by atoms with van der Waals surface area (Å²) in [6.45, 7) is 1.22. The number of carbonyl (C=O) groups excluding carboxylic acids is 1. The summed E-state index contributed by atoms with van der Waals surface area (Å²) in [6.07, 6.45) is -7.79. The molecule has 0 heterocycles. The Bertz CT molecular complexity index is 569. The van der Waals surface area contributed by atoms with Gasteiger partial charge in [-0.05, 0) is 6.42 Å².